The van der Waals surface area contributed by atoms with E-state index in [1.54, 1.807) is 28.4 Å². The Kier molecular flexibility index (Phi) is 5.29. The van der Waals surface area contributed by atoms with Crippen LogP contribution in [0, 0.1) is 11.8 Å². The molecule has 0 fully saturated rings. The molecule has 2 aromatic rings. The molecule has 0 saturated carbocycles. The number of hydrogen-bond donors (Lipinski definition) is 2. The van der Waals surface area contributed by atoms with Gasteiger partial charge in [-0.25, -0.2) is 0 Å². The molecule has 0 aliphatic carbocycles. The number of hydrogen-bond acceptors (Lipinski definition) is 5. The fraction of sp³-hybridized carbons (Fsp3) is 0.308. The molecular weight excluding hydrogens is 274 g/mol. The third-order valence-corrected chi connectivity index (χ3v) is 3.48. The molecule has 2 rings (SSSR count). The van der Waals surface area contributed by atoms with E-state index in [2.05, 4.69) is 27.5 Å². The van der Waals surface area contributed by atoms with Gasteiger partial charge in [-0.3, -0.25) is 9.48 Å². The molecule has 0 saturated heterocycles. The first-order valence-electron chi connectivity index (χ1n) is 6.16. The zero-order valence-electron chi connectivity index (χ0n) is 10.9. The van der Waals surface area contributed by atoms with Crippen LogP contribution in [-0.2, 0) is 17.9 Å². The highest BCUT2D eigenvalue weighted by atomic mass is 32.1. The molecule has 7 heteroatoms. The van der Waals surface area contributed by atoms with Crippen molar-refractivity contribution in [2.24, 2.45) is 5.73 Å². The van der Waals surface area contributed by atoms with Crippen LogP contribution < -0.4 is 11.1 Å². The molecule has 0 aliphatic heterocycles. The van der Waals surface area contributed by atoms with Crippen molar-refractivity contribution in [1.29, 1.82) is 0 Å². The number of rotatable bonds is 5. The number of nitrogens with one attached hydrogen (secondary N) is 1. The monoisotopic (exact) mass is 289 g/mol. The van der Waals surface area contributed by atoms with Crippen molar-refractivity contribution in [3.63, 3.8) is 0 Å². The van der Waals surface area contributed by atoms with Gasteiger partial charge in [0.1, 0.15) is 0 Å². The summed E-state index contributed by atoms with van der Waals surface area (Å²) in [4.78, 5) is 13.7. The molecule has 0 atom stereocenters. The number of thiophene rings is 1. The van der Waals surface area contributed by atoms with E-state index in [0.717, 1.165) is 9.75 Å². The van der Waals surface area contributed by atoms with E-state index < -0.39 is 0 Å². The Labute approximate surface area is 121 Å². The van der Waals surface area contributed by atoms with Crippen LogP contribution in [0.5, 0.6) is 0 Å². The van der Waals surface area contributed by atoms with Crippen LogP contribution in [0.1, 0.15) is 16.2 Å². The molecule has 0 bridgehead atoms. The summed E-state index contributed by atoms with van der Waals surface area (Å²) in [7, 11) is 0. The number of carbonyl (C=O) groups excluding carboxylic acids is 1. The smallest absolute Gasteiger partial charge is 0.222 e. The van der Waals surface area contributed by atoms with Crippen molar-refractivity contribution in [3.05, 3.63) is 34.3 Å². The Bertz CT molecular complexity index is 608. The standard InChI is InChI=1S/C13H15N5OS/c14-6-1-2-11-3-4-12(20-11)10-15-13(19)5-8-18-9-7-16-17-18/h3-4,7,9H,5-6,8,10,14H2,(H,15,19). The predicted octanol–water partition coefficient (Wildman–Crippen LogP) is 0.356. The van der Waals surface area contributed by atoms with Gasteiger partial charge < -0.3 is 11.1 Å². The second-order valence-corrected chi connectivity index (χ2v) is 5.13. The lowest BCUT2D eigenvalue weighted by molar-refractivity contribution is -0.121. The highest BCUT2D eigenvalue weighted by molar-refractivity contribution is 7.12. The average molecular weight is 289 g/mol. The van der Waals surface area contributed by atoms with Gasteiger partial charge in [-0.2, -0.15) is 0 Å². The number of amides is 1. The maximum absolute atomic E-state index is 11.7. The van der Waals surface area contributed by atoms with Crippen molar-refractivity contribution in [2.45, 2.75) is 19.5 Å². The van der Waals surface area contributed by atoms with Gasteiger partial charge in [0.25, 0.3) is 0 Å². The Morgan fingerprint density at radius 2 is 2.40 bits per heavy atom. The molecule has 6 nitrogen and oxygen atoms in total. The molecule has 0 spiro atoms. The zero-order chi connectivity index (χ0) is 14.2. The fourth-order valence-corrected chi connectivity index (χ4v) is 2.34. The van der Waals surface area contributed by atoms with Gasteiger partial charge in [0.15, 0.2) is 0 Å². The molecule has 0 unspecified atom stereocenters. The number of aromatic nitrogens is 3. The minimum Gasteiger partial charge on any atom is -0.351 e. The first-order valence-corrected chi connectivity index (χ1v) is 6.98. The van der Waals surface area contributed by atoms with Crippen LogP contribution >= 0.6 is 11.3 Å². The summed E-state index contributed by atoms with van der Waals surface area (Å²) in [6, 6.07) is 3.90. The van der Waals surface area contributed by atoms with E-state index in [1.807, 2.05) is 12.1 Å². The van der Waals surface area contributed by atoms with Crippen molar-refractivity contribution in [3.8, 4) is 11.8 Å². The highest BCUT2D eigenvalue weighted by Gasteiger charge is 2.04. The number of carbonyl (C=O) groups is 1. The van der Waals surface area contributed by atoms with Gasteiger partial charge in [-0.1, -0.05) is 17.1 Å². The van der Waals surface area contributed by atoms with Gasteiger partial charge in [0.05, 0.1) is 30.7 Å². The van der Waals surface area contributed by atoms with Crippen molar-refractivity contribution in [1.82, 2.24) is 20.3 Å². The summed E-state index contributed by atoms with van der Waals surface area (Å²) in [6.45, 7) is 1.40. The van der Waals surface area contributed by atoms with Crippen LogP contribution in [0.15, 0.2) is 24.5 Å². The fourth-order valence-electron chi connectivity index (χ4n) is 1.52. The predicted molar refractivity (Wildman–Crippen MR) is 76.7 cm³/mol. The molecule has 104 valence electrons. The zero-order valence-corrected chi connectivity index (χ0v) is 11.7. The van der Waals surface area contributed by atoms with Crippen LogP contribution in [0.4, 0.5) is 0 Å². The largest absolute Gasteiger partial charge is 0.351 e. The molecule has 20 heavy (non-hydrogen) atoms. The lowest BCUT2D eigenvalue weighted by Crippen LogP contribution is -2.23. The quantitative estimate of drug-likeness (QED) is 0.778. The summed E-state index contributed by atoms with van der Waals surface area (Å²) in [6.07, 6.45) is 3.71. The molecule has 1 amide bonds. The number of nitrogens with two attached hydrogens (primary N) is 1. The number of aryl methyl sites for hydroxylation is 1. The van der Waals surface area contributed by atoms with Crippen molar-refractivity contribution >= 4 is 17.2 Å². The van der Waals surface area contributed by atoms with E-state index in [1.165, 1.54) is 0 Å². The van der Waals surface area contributed by atoms with Gasteiger partial charge in [0, 0.05) is 17.5 Å². The molecule has 0 aromatic carbocycles. The first kappa shape index (κ1) is 14.2. The minimum atomic E-state index is -0.0107. The van der Waals surface area contributed by atoms with Crippen LogP contribution in [0.3, 0.4) is 0 Å². The second kappa shape index (κ2) is 7.43. The highest BCUT2D eigenvalue weighted by Crippen LogP contribution is 2.14. The summed E-state index contributed by atoms with van der Waals surface area (Å²) in [5.41, 5.74) is 5.32. The van der Waals surface area contributed by atoms with E-state index in [9.17, 15) is 4.79 Å². The van der Waals surface area contributed by atoms with Gasteiger partial charge >= 0.3 is 0 Å². The Morgan fingerprint density at radius 1 is 1.50 bits per heavy atom. The maximum atomic E-state index is 11.7. The summed E-state index contributed by atoms with van der Waals surface area (Å²) < 4.78 is 1.63. The average Bonchev–Trinajstić information content (AvgIpc) is 3.12. The molecule has 2 heterocycles. The molecular formula is C13H15N5OS. The summed E-state index contributed by atoms with van der Waals surface area (Å²) >= 11 is 1.56. The lowest BCUT2D eigenvalue weighted by atomic mass is 10.3. The van der Waals surface area contributed by atoms with Crippen molar-refractivity contribution < 1.29 is 4.79 Å². The van der Waals surface area contributed by atoms with Crippen LogP contribution in [0.25, 0.3) is 0 Å². The SMILES string of the molecule is NCC#Cc1ccc(CNC(=O)CCn2ccnn2)s1. The van der Waals surface area contributed by atoms with E-state index in [4.69, 9.17) is 5.73 Å². The minimum absolute atomic E-state index is 0.0107. The van der Waals surface area contributed by atoms with Gasteiger partial charge in [0.2, 0.25) is 5.91 Å². The molecule has 0 radical (unpaired) electrons. The number of nitrogens with zero attached hydrogens (tertiary/aromatic N) is 3. The molecule has 2 aromatic heterocycles. The lowest BCUT2D eigenvalue weighted by Gasteiger charge is -2.03. The van der Waals surface area contributed by atoms with E-state index >= 15 is 0 Å². The molecule has 3 N–H and O–H groups in total. The van der Waals surface area contributed by atoms with E-state index in [0.29, 0.717) is 26.1 Å². The van der Waals surface area contributed by atoms with Gasteiger partial charge in [-0.05, 0) is 12.1 Å². The second-order valence-electron chi connectivity index (χ2n) is 3.96. The first-order chi connectivity index (χ1) is 9.78. The van der Waals surface area contributed by atoms with E-state index in [-0.39, 0.29) is 5.91 Å². The molecule has 0 aliphatic rings. The normalized spacial score (nSPS) is 9.85. The topological polar surface area (TPSA) is 85.8 Å². The Morgan fingerprint density at radius 3 is 3.15 bits per heavy atom. The Balaban J connectivity index is 1.74. The van der Waals surface area contributed by atoms with Gasteiger partial charge in [-0.15, -0.1) is 16.4 Å². The summed E-state index contributed by atoms with van der Waals surface area (Å²) in [5.74, 6) is 5.76. The maximum Gasteiger partial charge on any atom is 0.222 e. The summed E-state index contributed by atoms with van der Waals surface area (Å²) in [5, 5.41) is 10.4. The third-order valence-electron chi connectivity index (χ3n) is 2.47. The van der Waals surface area contributed by atoms with Crippen LogP contribution in [-0.4, -0.2) is 27.4 Å². The Hall–Kier alpha value is -2.17. The van der Waals surface area contributed by atoms with Crippen molar-refractivity contribution in [2.75, 3.05) is 6.54 Å². The third kappa shape index (κ3) is 4.50. The van der Waals surface area contributed by atoms with Crippen LogP contribution in [0.2, 0.25) is 0 Å².